The Bertz CT molecular complexity index is 3300. The van der Waals surface area contributed by atoms with Crippen LogP contribution in [0.3, 0.4) is 0 Å². The van der Waals surface area contributed by atoms with Crippen LogP contribution in [0.1, 0.15) is 5.56 Å². The van der Waals surface area contributed by atoms with Crippen LogP contribution in [0.4, 0.5) is 0 Å². The van der Waals surface area contributed by atoms with Crippen molar-refractivity contribution in [3.05, 3.63) is 175 Å². The highest BCUT2D eigenvalue weighted by atomic mass is 15.0. The van der Waals surface area contributed by atoms with Crippen molar-refractivity contribution < 1.29 is 0 Å². The second kappa shape index (κ2) is 11.8. The molecule has 0 saturated heterocycles. The van der Waals surface area contributed by atoms with Crippen LogP contribution in [0.15, 0.2) is 170 Å². The number of aromatic nitrogens is 3. The second-order valence-corrected chi connectivity index (χ2v) is 13.9. The van der Waals surface area contributed by atoms with Crippen LogP contribution < -0.4 is 0 Å². The Morgan fingerprint density at radius 3 is 1.28 bits per heavy atom. The van der Waals surface area contributed by atoms with Crippen molar-refractivity contribution >= 4 is 64.6 Å². The lowest BCUT2D eigenvalue weighted by molar-refractivity contribution is 1.07. The van der Waals surface area contributed by atoms with Gasteiger partial charge in [0.1, 0.15) is 0 Å². The maximum atomic E-state index is 9.50. The molecule has 10 aromatic carbocycles. The van der Waals surface area contributed by atoms with Gasteiger partial charge >= 0.3 is 0 Å². The van der Waals surface area contributed by atoms with E-state index in [4.69, 9.17) is 15.0 Å². The van der Waals surface area contributed by atoms with Crippen LogP contribution >= 0.6 is 0 Å². The SMILES string of the molecule is N#Cc1ccc(-c2nc(-c3ccc(-c4ccccc4)cc3)nc(-c3cc4ccc5cccc6c7cccc8ccc9cccc(c(c3)c4c56)c9c87)n2)cc1. The van der Waals surface area contributed by atoms with Crippen LogP contribution in [0.2, 0.25) is 0 Å². The molecule has 0 aliphatic carbocycles. The van der Waals surface area contributed by atoms with E-state index in [2.05, 4.69) is 146 Å². The number of nitrogens with zero attached hydrogens (tertiary/aromatic N) is 4. The maximum Gasteiger partial charge on any atom is 0.164 e. The predicted octanol–water partition coefficient (Wildman–Crippen LogP) is 12.8. The highest BCUT2D eigenvalue weighted by Crippen LogP contribution is 2.44. The number of hydrogen-bond donors (Lipinski definition) is 0. The fourth-order valence-electron chi connectivity index (χ4n) is 8.31. The first kappa shape index (κ1) is 30.2. The third kappa shape index (κ3) is 4.66. The van der Waals surface area contributed by atoms with Gasteiger partial charge in [0.05, 0.1) is 11.6 Å². The molecule has 0 aliphatic rings. The zero-order chi connectivity index (χ0) is 35.8. The summed E-state index contributed by atoms with van der Waals surface area (Å²) in [6, 6.07) is 61.8. The van der Waals surface area contributed by atoms with Gasteiger partial charge in [-0.2, -0.15) is 5.26 Å². The molecule has 54 heavy (non-hydrogen) atoms. The number of benzene rings is 9. The number of rotatable bonds is 4. The molecule has 0 radical (unpaired) electrons. The van der Waals surface area contributed by atoms with Gasteiger partial charge in [-0.1, -0.05) is 133 Å². The smallest absolute Gasteiger partial charge is 0.164 e. The molecule has 0 amide bonds. The highest BCUT2D eigenvalue weighted by Gasteiger charge is 2.18. The number of nitriles is 1. The van der Waals surface area contributed by atoms with E-state index in [1.807, 2.05) is 30.3 Å². The van der Waals surface area contributed by atoms with Gasteiger partial charge in [-0.3, -0.25) is 0 Å². The molecule has 4 nitrogen and oxygen atoms in total. The average Bonchev–Trinajstić information content (AvgIpc) is 3.25. The highest BCUT2D eigenvalue weighted by molar-refractivity contribution is 6.37. The Labute approximate surface area is 310 Å². The summed E-state index contributed by atoms with van der Waals surface area (Å²) < 4.78 is 0. The van der Waals surface area contributed by atoms with E-state index in [1.165, 1.54) is 53.9 Å². The van der Waals surface area contributed by atoms with Crippen molar-refractivity contribution in [3.63, 3.8) is 0 Å². The largest absolute Gasteiger partial charge is 0.208 e. The molecule has 0 saturated carbocycles. The van der Waals surface area contributed by atoms with Crippen LogP contribution in [0.5, 0.6) is 0 Å². The van der Waals surface area contributed by atoms with Crippen molar-refractivity contribution in [2.75, 3.05) is 0 Å². The summed E-state index contributed by atoms with van der Waals surface area (Å²) in [5.74, 6) is 1.73. The first-order chi connectivity index (χ1) is 26.7. The fourth-order valence-corrected chi connectivity index (χ4v) is 8.31. The lowest BCUT2D eigenvalue weighted by Crippen LogP contribution is -2.00. The summed E-state index contributed by atoms with van der Waals surface area (Å²) in [7, 11) is 0. The molecular weight excluding hydrogens is 657 g/mol. The monoisotopic (exact) mass is 684 g/mol. The molecule has 0 atom stereocenters. The average molecular weight is 685 g/mol. The minimum atomic E-state index is 0.552. The van der Waals surface area contributed by atoms with E-state index >= 15 is 0 Å². The standard InChI is InChI=1S/C50H28N4/c51-29-30-15-17-36(18-16-30)48-52-49(37-24-19-32(20-25-37)31-7-2-1-3-8-31)54-50(53-48)39-27-38-26-23-35-10-5-13-41-40-12-4-9-33-21-22-34-11-6-14-42(46(34)44(33)40)43(28-39)47(38)45(35)41/h1-28H. The Hall–Kier alpha value is -7.48. The zero-order valence-corrected chi connectivity index (χ0v) is 29.0. The molecule has 0 bridgehead atoms. The third-order valence-corrected chi connectivity index (χ3v) is 10.8. The van der Waals surface area contributed by atoms with Crippen molar-refractivity contribution in [2.24, 2.45) is 0 Å². The van der Waals surface area contributed by atoms with E-state index < -0.39 is 0 Å². The minimum Gasteiger partial charge on any atom is -0.208 e. The van der Waals surface area contributed by atoms with Crippen LogP contribution in [-0.2, 0) is 0 Å². The topological polar surface area (TPSA) is 62.5 Å². The van der Waals surface area contributed by atoms with E-state index in [9.17, 15) is 5.26 Å². The van der Waals surface area contributed by atoms with Gasteiger partial charge in [0.25, 0.3) is 0 Å². The van der Waals surface area contributed by atoms with Crippen LogP contribution in [0, 0.1) is 11.3 Å². The fraction of sp³-hybridized carbons (Fsp3) is 0. The van der Waals surface area contributed by atoms with Gasteiger partial charge < -0.3 is 0 Å². The Balaban J connectivity index is 1.22. The molecular formula is C50H28N4. The van der Waals surface area contributed by atoms with Gasteiger partial charge in [-0.05, 0) is 112 Å². The quantitative estimate of drug-likeness (QED) is 0.173. The first-order valence-corrected chi connectivity index (χ1v) is 18.1. The summed E-state index contributed by atoms with van der Waals surface area (Å²) in [5, 5.41) is 24.1. The molecule has 0 aliphatic heterocycles. The molecule has 4 heteroatoms. The minimum absolute atomic E-state index is 0.552. The summed E-state index contributed by atoms with van der Waals surface area (Å²) in [6.45, 7) is 0. The van der Waals surface area contributed by atoms with Gasteiger partial charge in [-0.25, -0.2) is 15.0 Å². The molecule has 0 fully saturated rings. The van der Waals surface area contributed by atoms with Crippen molar-refractivity contribution in [3.8, 4) is 51.4 Å². The van der Waals surface area contributed by atoms with E-state index in [-0.39, 0.29) is 0 Å². The van der Waals surface area contributed by atoms with Crippen molar-refractivity contribution in [1.29, 1.82) is 5.26 Å². The molecule has 0 N–H and O–H groups in total. The maximum absolute atomic E-state index is 9.50. The summed E-state index contributed by atoms with van der Waals surface area (Å²) >= 11 is 0. The third-order valence-electron chi connectivity index (χ3n) is 10.8. The normalized spacial score (nSPS) is 11.7. The second-order valence-electron chi connectivity index (χ2n) is 13.9. The molecule has 11 rings (SSSR count). The molecule has 0 unspecified atom stereocenters. The van der Waals surface area contributed by atoms with E-state index in [0.717, 1.165) is 38.6 Å². The Morgan fingerprint density at radius 2 is 0.741 bits per heavy atom. The molecule has 1 aromatic heterocycles. The van der Waals surface area contributed by atoms with Crippen LogP contribution in [-0.4, -0.2) is 15.0 Å². The summed E-state index contributed by atoms with van der Waals surface area (Å²) in [6.07, 6.45) is 0. The summed E-state index contributed by atoms with van der Waals surface area (Å²) in [5.41, 5.74) is 5.49. The zero-order valence-electron chi connectivity index (χ0n) is 29.0. The van der Waals surface area contributed by atoms with Gasteiger partial charge in [0, 0.05) is 16.7 Å². The van der Waals surface area contributed by atoms with Gasteiger partial charge in [0.15, 0.2) is 17.5 Å². The lowest BCUT2D eigenvalue weighted by atomic mass is 9.87. The molecule has 11 aromatic rings. The predicted molar refractivity (Wildman–Crippen MR) is 223 cm³/mol. The lowest BCUT2D eigenvalue weighted by Gasteiger charge is -2.17. The van der Waals surface area contributed by atoms with Crippen molar-refractivity contribution in [1.82, 2.24) is 15.0 Å². The van der Waals surface area contributed by atoms with E-state index in [0.29, 0.717) is 23.0 Å². The molecule has 0 spiro atoms. The van der Waals surface area contributed by atoms with Gasteiger partial charge in [0.2, 0.25) is 0 Å². The Kier molecular flexibility index (Phi) is 6.58. The van der Waals surface area contributed by atoms with E-state index in [1.54, 1.807) is 0 Å². The number of hydrogen-bond acceptors (Lipinski definition) is 4. The molecule has 248 valence electrons. The Morgan fingerprint density at radius 1 is 0.315 bits per heavy atom. The van der Waals surface area contributed by atoms with Crippen LogP contribution in [0.25, 0.3) is 110 Å². The van der Waals surface area contributed by atoms with Gasteiger partial charge in [-0.15, -0.1) is 0 Å². The molecule has 1 heterocycles. The number of fused-ring (bicyclic) bond motifs is 2. The summed E-state index contributed by atoms with van der Waals surface area (Å²) in [4.78, 5) is 15.3. The van der Waals surface area contributed by atoms with Crippen molar-refractivity contribution in [2.45, 2.75) is 0 Å². The first-order valence-electron chi connectivity index (χ1n) is 18.1.